The van der Waals surface area contributed by atoms with Crippen LogP contribution in [0.1, 0.15) is 17.2 Å². The molecule has 0 bridgehead atoms. The molecule has 1 N–H and O–H groups in total. The summed E-state index contributed by atoms with van der Waals surface area (Å²) in [5.41, 5.74) is 1.76. The van der Waals surface area contributed by atoms with Crippen LogP contribution >= 0.6 is 0 Å². The van der Waals surface area contributed by atoms with Crippen molar-refractivity contribution in [1.82, 2.24) is 4.72 Å². The van der Waals surface area contributed by atoms with E-state index in [-0.39, 0.29) is 10.6 Å². The Bertz CT molecular complexity index is 1000. The molecule has 0 fully saturated rings. The van der Waals surface area contributed by atoms with E-state index in [0.717, 1.165) is 11.1 Å². The SMILES string of the molecule is Cc1ccc(S(=O)(=O)N[C@H](CS(=O)c2ccccc2)c2ccccc2)cc1. The number of hydrogen-bond acceptors (Lipinski definition) is 3. The van der Waals surface area contributed by atoms with Gasteiger partial charge in [0.05, 0.1) is 21.7 Å². The second-order valence-corrected chi connectivity index (χ2v) is 9.43. The molecule has 2 atom stereocenters. The van der Waals surface area contributed by atoms with E-state index in [0.29, 0.717) is 4.90 Å². The summed E-state index contributed by atoms with van der Waals surface area (Å²) in [4.78, 5) is 0.868. The van der Waals surface area contributed by atoms with E-state index in [2.05, 4.69) is 4.72 Å². The van der Waals surface area contributed by atoms with Crippen molar-refractivity contribution in [2.24, 2.45) is 0 Å². The summed E-state index contributed by atoms with van der Waals surface area (Å²) in [6.45, 7) is 1.90. The maximum absolute atomic E-state index is 12.8. The first-order valence-corrected chi connectivity index (χ1v) is 11.3. The molecule has 0 amide bonds. The Balaban J connectivity index is 1.88. The number of sulfonamides is 1. The molecule has 0 radical (unpaired) electrons. The highest BCUT2D eigenvalue weighted by Crippen LogP contribution is 2.21. The van der Waals surface area contributed by atoms with E-state index in [1.165, 1.54) is 0 Å². The Hall–Kier alpha value is -2.28. The van der Waals surface area contributed by atoms with Gasteiger partial charge in [-0.3, -0.25) is 4.21 Å². The fourth-order valence-electron chi connectivity index (χ4n) is 2.68. The van der Waals surface area contributed by atoms with Gasteiger partial charge in [-0.2, -0.15) is 0 Å². The zero-order valence-corrected chi connectivity index (χ0v) is 16.5. The third-order valence-electron chi connectivity index (χ3n) is 4.15. The van der Waals surface area contributed by atoms with Crippen LogP contribution in [0.2, 0.25) is 0 Å². The second kappa shape index (κ2) is 8.61. The average Bonchev–Trinajstić information content (AvgIpc) is 2.69. The van der Waals surface area contributed by atoms with Crippen molar-refractivity contribution >= 4 is 20.8 Å². The van der Waals surface area contributed by atoms with Crippen molar-refractivity contribution < 1.29 is 12.6 Å². The number of nitrogens with one attached hydrogen (secondary N) is 1. The highest BCUT2D eigenvalue weighted by Gasteiger charge is 2.23. The van der Waals surface area contributed by atoms with Gasteiger partial charge < -0.3 is 0 Å². The largest absolute Gasteiger partial charge is 0.254 e. The van der Waals surface area contributed by atoms with Gasteiger partial charge in [-0.05, 0) is 36.8 Å². The molecule has 3 aromatic carbocycles. The standard InChI is InChI=1S/C21H21NO3S2/c1-17-12-14-20(15-13-17)27(24,25)22-21(18-8-4-2-5-9-18)16-26(23)19-10-6-3-7-11-19/h2-15,21-22H,16H2,1H3/t21-,26?/m1/s1. The fraction of sp³-hybridized carbons (Fsp3) is 0.143. The first kappa shape index (κ1) is 19.5. The molecule has 0 aliphatic heterocycles. The van der Waals surface area contributed by atoms with Crippen molar-refractivity contribution in [2.45, 2.75) is 22.8 Å². The lowest BCUT2D eigenvalue weighted by Crippen LogP contribution is -2.32. The summed E-state index contributed by atoms with van der Waals surface area (Å²) < 4.78 is 41.2. The minimum absolute atomic E-state index is 0.152. The third kappa shape index (κ3) is 5.13. The van der Waals surface area contributed by atoms with Crippen molar-refractivity contribution in [1.29, 1.82) is 0 Å². The minimum atomic E-state index is -3.74. The van der Waals surface area contributed by atoms with Gasteiger partial charge in [-0.15, -0.1) is 0 Å². The zero-order valence-electron chi connectivity index (χ0n) is 14.9. The summed E-state index contributed by atoms with van der Waals surface area (Å²) in [5, 5.41) is 0. The Labute approximate surface area is 162 Å². The van der Waals surface area contributed by atoms with Crippen molar-refractivity contribution in [2.75, 3.05) is 5.75 Å². The quantitative estimate of drug-likeness (QED) is 0.657. The van der Waals surface area contributed by atoms with E-state index in [1.54, 1.807) is 36.4 Å². The molecule has 6 heteroatoms. The smallest absolute Gasteiger partial charge is 0.241 e. The van der Waals surface area contributed by atoms with Crippen molar-refractivity contribution in [3.63, 3.8) is 0 Å². The molecule has 0 aromatic heterocycles. The molecule has 0 aliphatic carbocycles. The van der Waals surface area contributed by atoms with E-state index < -0.39 is 26.9 Å². The first-order chi connectivity index (χ1) is 13.0. The van der Waals surface area contributed by atoms with E-state index in [4.69, 9.17) is 0 Å². The fourth-order valence-corrected chi connectivity index (χ4v) is 5.24. The average molecular weight is 400 g/mol. The zero-order chi connectivity index (χ0) is 19.3. The number of aryl methyl sites for hydroxylation is 1. The summed E-state index contributed by atoms with van der Waals surface area (Å²) in [5.74, 6) is 0.152. The van der Waals surface area contributed by atoms with Crippen LogP contribution in [0.25, 0.3) is 0 Å². The molecule has 140 valence electrons. The molecule has 0 spiro atoms. The predicted molar refractivity (Wildman–Crippen MR) is 108 cm³/mol. The van der Waals surface area contributed by atoms with Gasteiger partial charge in [0.2, 0.25) is 10.0 Å². The highest BCUT2D eigenvalue weighted by atomic mass is 32.2. The maximum Gasteiger partial charge on any atom is 0.241 e. The van der Waals surface area contributed by atoms with Gasteiger partial charge in [-0.1, -0.05) is 66.2 Å². The monoisotopic (exact) mass is 399 g/mol. The van der Waals surface area contributed by atoms with E-state index in [1.807, 2.05) is 55.5 Å². The number of benzene rings is 3. The molecule has 4 nitrogen and oxygen atoms in total. The van der Waals surface area contributed by atoms with Crippen LogP contribution in [-0.2, 0) is 20.8 Å². The summed E-state index contributed by atoms with van der Waals surface area (Å²) in [6.07, 6.45) is 0. The second-order valence-electron chi connectivity index (χ2n) is 6.22. The Morgan fingerprint density at radius 2 is 1.41 bits per heavy atom. The molecule has 0 heterocycles. The summed E-state index contributed by atoms with van der Waals surface area (Å²) >= 11 is 0. The predicted octanol–water partition coefficient (Wildman–Crippen LogP) is 3.82. The molecule has 3 rings (SSSR count). The van der Waals surface area contributed by atoms with E-state index >= 15 is 0 Å². The lowest BCUT2D eigenvalue weighted by atomic mass is 10.1. The van der Waals surface area contributed by atoms with Crippen LogP contribution < -0.4 is 4.72 Å². The van der Waals surface area contributed by atoms with Crippen molar-refractivity contribution in [3.8, 4) is 0 Å². The van der Waals surface area contributed by atoms with Crippen LogP contribution in [-0.4, -0.2) is 18.4 Å². The number of rotatable bonds is 7. The van der Waals surface area contributed by atoms with Crippen LogP contribution in [0.5, 0.6) is 0 Å². The molecule has 0 saturated heterocycles. The number of hydrogen-bond donors (Lipinski definition) is 1. The third-order valence-corrected chi connectivity index (χ3v) is 7.08. The molecule has 0 aliphatic rings. The minimum Gasteiger partial charge on any atom is -0.254 e. The molecule has 27 heavy (non-hydrogen) atoms. The van der Waals surface area contributed by atoms with E-state index in [9.17, 15) is 12.6 Å². The van der Waals surface area contributed by atoms with Gasteiger partial charge >= 0.3 is 0 Å². The molecule has 1 unspecified atom stereocenters. The summed E-state index contributed by atoms with van der Waals surface area (Å²) in [7, 11) is -5.07. The van der Waals surface area contributed by atoms with Crippen LogP contribution in [0.3, 0.4) is 0 Å². The lowest BCUT2D eigenvalue weighted by Gasteiger charge is -2.19. The van der Waals surface area contributed by atoms with Gasteiger partial charge in [0.25, 0.3) is 0 Å². The molecular formula is C21H21NO3S2. The topological polar surface area (TPSA) is 63.2 Å². The Kier molecular flexibility index (Phi) is 6.21. The van der Waals surface area contributed by atoms with Gasteiger partial charge in [0.15, 0.2) is 0 Å². The van der Waals surface area contributed by atoms with Crippen LogP contribution in [0, 0.1) is 6.92 Å². The molecule has 0 saturated carbocycles. The first-order valence-electron chi connectivity index (χ1n) is 8.53. The van der Waals surface area contributed by atoms with Gasteiger partial charge in [0.1, 0.15) is 0 Å². The van der Waals surface area contributed by atoms with Crippen LogP contribution in [0.4, 0.5) is 0 Å². The molecular weight excluding hydrogens is 378 g/mol. The Morgan fingerprint density at radius 1 is 0.852 bits per heavy atom. The normalized spacial score (nSPS) is 13.8. The lowest BCUT2D eigenvalue weighted by molar-refractivity contribution is 0.567. The maximum atomic E-state index is 12.8. The van der Waals surface area contributed by atoms with Crippen molar-refractivity contribution in [3.05, 3.63) is 96.1 Å². The van der Waals surface area contributed by atoms with Gasteiger partial charge in [0, 0.05) is 10.6 Å². The summed E-state index contributed by atoms with van der Waals surface area (Å²) in [6, 6.07) is 24.4. The highest BCUT2D eigenvalue weighted by molar-refractivity contribution is 7.89. The van der Waals surface area contributed by atoms with Crippen LogP contribution in [0.15, 0.2) is 94.7 Å². The Morgan fingerprint density at radius 3 is 2.00 bits per heavy atom. The van der Waals surface area contributed by atoms with Gasteiger partial charge in [-0.25, -0.2) is 13.1 Å². The molecule has 3 aromatic rings.